The molecule has 0 amide bonds. The van der Waals surface area contributed by atoms with E-state index in [9.17, 15) is 0 Å². The molecule has 3 aromatic rings. The summed E-state index contributed by atoms with van der Waals surface area (Å²) in [5.74, 6) is 0.767. The molecule has 0 saturated heterocycles. The van der Waals surface area contributed by atoms with Crippen molar-refractivity contribution in [2.24, 2.45) is 0 Å². The molecule has 0 aliphatic carbocycles. The maximum absolute atomic E-state index is 8.96. The lowest BCUT2D eigenvalue weighted by Crippen LogP contribution is -1.85. The molecule has 0 bridgehead atoms. The van der Waals surface area contributed by atoms with Gasteiger partial charge in [0.25, 0.3) is 0 Å². The van der Waals surface area contributed by atoms with E-state index >= 15 is 0 Å². The van der Waals surface area contributed by atoms with E-state index in [-0.39, 0.29) is 5.57 Å². The van der Waals surface area contributed by atoms with Gasteiger partial charge < -0.3 is 4.74 Å². The number of ether oxygens (including phenoxy) is 1. The van der Waals surface area contributed by atoms with Gasteiger partial charge in [0.05, 0.1) is 17.3 Å². The van der Waals surface area contributed by atoms with Gasteiger partial charge in [-0.2, -0.15) is 10.5 Å². The van der Waals surface area contributed by atoms with Gasteiger partial charge in [-0.15, -0.1) is 11.3 Å². The van der Waals surface area contributed by atoms with E-state index in [4.69, 9.17) is 15.3 Å². The van der Waals surface area contributed by atoms with Crippen LogP contribution < -0.4 is 4.74 Å². The van der Waals surface area contributed by atoms with Crippen molar-refractivity contribution in [3.63, 3.8) is 0 Å². The zero-order valence-electron chi connectivity index (χ0n) is 13.8. The van der Waals surface area contributed by atoms with Crippen molar-refractivity contribution in [1.29, 1.82) is 10.5 Å². The molecular weight excluding hydrogens is 362 g/mol. The number of thiazole rings is 1. The van der Waals surface area contributed by atoms with E-state index < -0.39 is 0 Å². The van der Waals surface area contributed by atoms with Crippen LogP contribution in [0.2, 0.25) is 0 Å². The number of fused-ring (bicyclic) bond motifs is 1. The normalized spacial score (nSPS) is 10.8. The number of nitriles is 2. The van der Waals surface area contributed by atoms with E-state index in [1.54, 1.807) is 24.5 Å². The Kier molecular flexibility index (Phi) is 5.70. The maximum Gasteiger partial charge on any atom is 0.155 e. The molecule has 0 atom stereocenters. The Morgan fingerprint density at radius 1 is 1.08 bits per heavy atom. The van der Waals surface area contributed by atoms with Gasteiger partial charge in [0, 0.05) is 4.91 Å². The van der Waals surface area contributed by atoms with Gasteiger partial charge >= 0.3 is 0 Å². The van der Waals surface area contributed by atoms with Gasteiger partial charge in [0.2, 0.25) is 0 Å². The number of benzene rings is 2. The maximum atomic E-state index is 8.96. The number of hydrogen-bond acceptors (Lipinski definition) is 6. The summed E-state index contributed by atoms with van der Waals surface area (Å²) in [6, 6.07) is 19.4. The lowest BCUT2D eigenvalue weighted by molar-refractivity contribution is 0.415. The van der Waals surface area contributed by atoms with Gasteiger partial charge in [0.15, 0.2) is 4.34 Å². The summed E-state index contributed by atoms with van der Waals surface area (Å²) < 4.78 is 7.23. The van der Waals surface area contributed by atoms with Crippen LogP contribution in [0.5, 0.6) is 5.75 Å². The van der Waals surface area contributed by atoms with Gasteiger partial charge in [0.1, 0.15) is 23.5 Å². The van der Waals surface area contributed by atoms with Gasteiger partial charge in [-0.25, -0.2) is 4.98 Å². The third-order valence-electron chi connectivity index (χ3n) is 3.49. The molecule has 1 aromatic heterocycles. The van der Waals surface area contributed by atoms with E-state index in [0.717, 1.165) is 30.8 Å². The number of rotatable bonds is 5. The first-order valence-electron chi connectivity index (χ1n) is 7.63. The molecule has 0 aliphatic heterocycles. The molecule has 0 aliphatic rings. The van der Waals surface area contributed by atoms with Crippen molar-refractivity contribution in [2.75, 3.05) is 7.11 Å². The number of thioether (sulfide) groups is 1. The predicted molar refractivity (Wildman–Crippen MR) is 106 cm³/mol. The molecule has 0 saturated carbocycles. The van der Waals surface area contributed by atoms with Crippen LogP contribution in [0.4, 0.5) is 0 Å². The fourth-order valence-electron chi connectivity index (χ4n) is 2.19. The van der Waals surface area contributed by atoms with Crippen LogP contribution in [-0.4, -0.2) is 12.1 Å². The molecule has 1 heterocycles. The van der Waals surface area contributed by atoms with Crippen LogP contribution in [0.1, 0.15) is 5.56 Å². The fraction of sp³-hybridized carbons (Fsp3) is 0.0500. The Hall–Kier alpha value is -3.06. The Balaban J connectivity index is 1.99. The van der Waals surface area contributed by atoms with Crippen LogP contribution >= 0.6 is 23.1 Å². The Bertz CT molecular complexity index is 1020. The van der Waals surface area contributed by atoms with Crippen molar-refractivity contribution in [1.82, 2.24) is 4.98 Å². The average molecular weight is 375 g/mol. The highest BCUT2D eigenvalue weighted by Crippen LogP contribution is 2.39. The van der Waals surface area contributed by atoms with Crippen LogP contribution in [0.15, 0.2) is 70.6 Å². The second kappa shape index (κ2) is 8.35. The highest BCUT2D eigenvalue weighted by Gasteiger charge is 2.09. The topological polar surface area (TPSA) is 69.7 Å². The van der Waals surface area contributed by atoms with Crippen LogP contribution in [0.25, 0.3) is 15.1 Å². The number of allylic oxidation sites excluding steroid dienone is 3. The molecule has 26 heavy (non-hydrogen) atoms. The summed E-state index contributed by atoms with van der Waals surface area (Å²) in [5.41, 5.74) is 1.97. The summed E-state index contributed by atoms with van der Waals surface area (Å²) in [6.45, 7) is 0. The number of para-hydroxylation sites is 1. The Morgan fingerprint density at radius 2 is 1.81 bits per heavy atom. The van der Waals surface area contributed by atoms with Crippen molar-refractivity contribution in [3.05, 3.63) is 71.8 Å². The Labute approximate surface area is 159 Å². The van der Waals surface area contributed by atoms with Crippen molar-refractivity contribution in [3.8, 4) is 17.9 Å². The first-order chi connectivity index (χ1) is 12.7. The summed E-state index contributed by atoms with van der Waals surface area (Å²) in [5, 5.41) is 17.9. The minimum atomic E-state index is 0.0564. The number of methoxy groups -OCH3 is 1. The van der Waals surface area contributed by atoms with Crippen molar-refractivity contribution >= 4 is 38.2 Å². The summed E-state index contributed by atoms with van der Waals surface area (Å²) in [4.78, 5) is 5.54. The summed E-state index contributed by atoms with van der Waals surface area (Å²) in [7, 11) is 1.62. The number of hydrogen-bond donors (Lipinski definition) is 0. The van der Waals surface area contributed by atoms with Gasteiger partial charge in [-0.3, -0.25) is 0 Å². The smallest absolute Gasteiger partial charge is 0.155 e. The lowest BCUT2D eigenvalue weighted by Gasteiger charge is -2.06. The second-order valence-corrected chi connectivity index (χ2v) is 7.43. The van der Waals surface area contributed by atoms with Gasteiger partial charge in [-0.05, 0) is 42.0 Å². The Morgan fingerprint density at radius 3 is 2.46 bits per heavy atom. The lowest BCUT2D eigenvalue weighted by atomic mass is 10.2. The fourth-order valence-corrected chi connectivity index (χ4v) is 4.32. The van der Waals surface area contributed by atoms with E-state index in [0.29, 0.717) is 0 Å². The van der Waals surface area contributed by atoms with Crippen LogP contribution in [0.3, 0.4) is 0 Å². The van der Waals surface area contributed by atoms with Crippen LogP contribution in [-0.2, 0) is 0 Å². The molecule has 3 rings (SSSR count). The first kappa shape index (κ1) is 17.8. The standard InChI is InChI=1S/C20H13N3OS2/c1-24-16-9-7-15(8-10-16)18(11-6-14(12-21)13-22)25-20-23-17-4-2-3-5-19(17)26-20/h2-11H,1H3/b18-11+. The summed E-state index contributed by atoms with van der Waals surface area (Å²) in [6.07, 6.45) is 3.31. The van der Waals surface area contributed by atoms with Crippen molar-refractivity contribution < 1.29 is 4.74 Å². The molecule has 0 fully saturated rings. The summed E-state index contributed by atoms with van der Waals surface area (Å²) >= 11 is 3.12. The highest BCUT2D eigenvalue weighted by molar-refractivity contribution is 8.09. The molecule has 6 heteroatoms. The van der Waals surface area contributed by atoms with E-state index in [1.807, 2.05) is 60.7 Å². The average Bonchev–Trinajstić information content (AvgIpc) is 3.10. The van der Waals surface area contributed by atoms with E-state index in [1.165, 1.54) is 17.8 Å². The third-order valence-corrected chi connectivity index (χ3v) is 5.68. The monoisotopic (exact) mass is 375 g/mol. The molecule has 0 unspecified atom stereocenters. The van der Waals surface area contributed by atoms with Crippen LogP contribution in [0, 0.1) is 22.7 Å². The number of aromatic nitrogens is 1. The predicted octanol–water partition coefficient (Wildman–Crippen LogP) is 5.41. The first-order valence-corrected chi connectivity index (χ1v) is 9.27. The number of nitrogens with zero attached hydrogens (tertiary/aromatic N) is 3. The van der Waals surface area contributed by atoms with Crippen molar-refractivity contribution in [2.45, 2.75) is 4.34 Å². The molecule has 0 N–H and O–H groups in total. The third kappa shape index (κ3) is 4.12. The molecule has 126 valence electrons. The SMILES string of the molecule is COc1ccc(/C(=C\C=C(C#N)C#N)Sc2nc3ccccc3s2)cc1. The minimum absolute atomic E-state index is 0.0564. The molecule has 0 spiro atoms. The largest absolute Gasteiger partial charge is 0.497 e. The molecule has 0 radical (unpaired) electrons. The van der Waals surface area contributed by atoms with Gasteiger partial charge in [-0.1, -0.05) is 36.0 Å². The highest BCUT2D eigenvalue weighted by atomic mass is 32.2. The molecule has 4 nitrogen and oxygen atoms in total. The molecule has 2 aromatic carbocycles. The zero-order valence-corrected chi connectivity index (χ0v) is 15.5. The minimum Gasteiger partial charge on any atom is -0.497 e. The molecular formula is C20H13N3OS2. The van der Waals surface area contributed by atoms with E-state index in [2.05, 4.69) is 4.98 Å². The second-order valence-electron chi connectivity index (χ2n) is 5.11. The zero-order chi connectivity index (χ0) is 18.4. The quantitative estimate of drug-likeness (QED) is 0.339.